The van der Waals surface area contributed by atoms with Crippen LogP contribution in [0.1, 0.15) is 22.5 Å². The van der Waals surface area contributed by atoms with E-state index >= 15 is 0 Å². The van der Waals surface area contributed by atoms with Gasteiger partial charge in [-0.25, -0.2) is 9.98 Å². The van der Waals surface area contributed by atoms with Gasteiger partial charge in [0.2, 0.25) is 0 Å². The molecular weight excluding hydrogens is 451 g/mol. The number of guanidine groups is 1. The van der Waals surface area contributed by atoms with Crippen LogP contribution < -0.4 is 10.6 Å². The summed E-state index contributed by atoms with van der Waals surface area (Å²) in [4.78, 5) is 11.6. The number of halogens is 1. The zero-order valence-electron chi connectivity index (χ0n) is 14.3. The van der Waals surface area contributed by atoms with Crippen molar-refractivity contribution in [2.24, 2.45) is 4.99 Å². The molecule has 1 aromatic carbocycles. The molecule has 0 saturated carbocycles. The first-order valence-corrected chi connectivity index (χ1v) is 9.62. The quantitative estimate of drug-likeness (QED) is 0.207. The topological polar surface area (TPSA) is 49.3 Å². The first-order valence-electron chi connectivity index (χ1n) is 7.82. The summed E-state index contributed by atoms with van der Waals surface area (Å²) < 4.78 is 0. The van der Waals surface area contributed by atoms with E-state index in [1.54, 1.807) is 11.3 Å². The zero-order valence-corrected chi connectivity index (χ0v) is 18.3. The monoisotopic (exact) mass is 476 g/mol. The van der Waals surface area contributed by atoms with Gasteiger partial charge in [0.15, 0.2) is 5.96 Å². The van der Waals surface area contributed by atoms with Gasteiger partial charge in [0.25, 0.3) is 0 Å². The minimum Gasteiger partial charge on any atom is -0.357 e. The number of benzene rings is 1. The Kier molecular flexibility index (Phi) is 10.4. The normalized spacial score (nSPS) is 11.0. The molecule has 0 bridgehead atoms. The van der Waals surface area contributed by atoms with Crippen LogP contribution in [0, 0.1) is 13.8 Å². The van der Waals surface area contributed by atoms with Crippen molar-refractivity contribution < 1.29 is 0 Å². The van der Waals surface area contributed by atoms with Crippen LogP contribution in [0.4, 0.5) is 0 Å². The summed E-state index contributed by atoms with van der Waals surface area (Å²) >= 11 is 3.57. The predicted octanol–water partition coefficient (Wildman–Crippen LogP) is 4.23. The van der Waals surface area contributed by atoms with E-state index in [1.165, 1.54) is 9.77 Å². The maximum atomic E-state index is 4.66. The zero-order chi connectivity index (χ0) is 16.5. The third kappa shape index (κ3) is 7.40. The number of thiazole rings is 1. The van der Waals surface area contributed by atoms with Crippen LogP contribution in [0.15, 0.2) is 40.2 Å². The molecule has 0 radical (unpaired) electrons. The molecule has 0 atom stereocenters. The summed E-state index contributed by atoms with van der Waals surface area (Å²) in [5.41, 5.74) is 1.09. The van der Waals surface area contributed by atoms with Crippen molar-refractivity contribution in [1.29, 1.82) is 0 Å². The van der Waals surface area contributed by atoms with E-state index in [9.17, 15) is 0 Å². The van der Waals surface area contributed by atoms with E-state index in [1.807, 2.05) is 31.7 Å². The second-order valence-electron chi connectivity index (χ2n) is 5.02. The third-order valence-corrected chi connectivity index (χ3v) is 5.20. The number of aromatic nitrogens is 1. The molecule has 0 aliphatic heterocycles. The van der Waals surface area contributed by atoms with Gasteiger partial charge in [-0.3, -0.25) is 0 Å². The summed E-state index contributed by atoms with van der Waals surface area (Å²) in [7, 11) is 0. The number of nitrogens with zero attached hydrogens (tertiary/aromatic N) is 2. The van der Waals surface area contributed by atoms with Gasteiger partial charge in [-0.15, -0.1) is 47.1 Å². The first kappa shape index (κ1) is 21.2. The van der Waals surface area contributed by atoms with Crippen molar-refractivity contribution in [3.63, 3.8) is 0 Å². The molecule has 0 aliphatic carbocycles. The fourth-order valence-corrected chi connectivity index (χ4v) is 3.72. The molecule has 7 heteroatoms. The van der Waals surface area contributed by atoms with E-state index in [4.69, 9.17) is 0 Å². The molecule has 4 nitrogen and oxygen atoms in total. The summed E-state index contributed by atoms with van der Waals surface area (Å²) in [5.74, 6) is 1.87. The van der Waals surface area contributed by atoms with Gasteiger partial charge < -0.3 is 10.6 Å². The summed E-state index contributed by atoms with van der Waals surface area (Å²) in [6.45, 7) is 8.58. The SMILES string of the molecule is CCNC(=NCc1sc(C)nc1C)NCCSc1ccccc1.I. The Morgan fingerprint density at radius 2 is 1.96 bits per heavy atom. The standard InChI is InChI=1S/C17H24N4S2.HI/c1-4-18-17(20-12-16-13(2)21-14(3)23-16)19-10-11-22-15-8-6-5-7-9-15;/h5-9H,4,10-12H2,1-3H3,(H2,18,19,20);1H. The van der Waals surface area contributed by atoms with Crippen LogP contribution in [0.2, 0.25) is 0 Å². The molecule has 2 rings (SSSR count). The molecule has 0 spiro atoms. The van der Waals surface area contributed by atoms with Crippen LogP contribution in [-0.4, -0.2) is 29.8 Å². The third-order valence-electron chi connectivity index (χ3n) is 3.13. The Labute approximate surface area is 170 Å². The van der Waals surface area contributed by atoms with Crippen LogP contribution in [0.5, 0.6) is 0 Å². The Morgan fingerprint density at radius 1 is 1.21 bits per heavy atom. The van der Waals surface area contributed by atoms with Gasteiger partial charge in [-0.1, -0.05) is 18.2 Å². The lowest BCUT2D eigenvalue weighted by atomic mass is 10.4. The Hall–Kier alpha value is -0.800. The highest BCUT2D eigenvalue weighted by Gasteiger charge is 2.04. The first-order chi connectivity index (χ1) is 11.2. The largest absolute Gasteiger partial charge is 0.357 e. The smallest absolute Gasteiger partial charge is 0.191 e. The summed E-state index contributed by atoms with van der Waals surface area (Å²) in [6, 6.07) is 10.5. The maximum Gasteiger partial charge on any atom is 0.191 e. The lowest BCUT2D eigenvalue weighted by Crippen LogP contribution is -2.38. The molecule has 2 aromatic rings. The maximum absolute atomic E-state index is 4.66. The number of aliphatic imine (C=N–C) groups is 1. The van der Waals surface area contributed by atoms with Gasteiger partial charge in [0, 0.05) is 28.6 Å². The molecule has 1 aromatic heterocycles. The van der Waals surface area contributed by atoms with Crippen molar-refractivity contribution in [2.75, 3.05) is 18.8 Å². The molecule has 1 heterocycles. The van der Waals surface area contributed by atoms with E-state index < -0.39 is 0 Å². The van der Waals surface area contributed by atoms with Gasteiger partial charge in [0.1, 0.15) is 0 Å². The minimum atomic E-state index is 0. The van der Waals surface area contributed by atoms with Crippen molar-refractivity contribution >= 4 is 53.0 Å². The highest BCUT2D eigenvalue weighted by molar-refractivity contribution is 14.0. The second-order valence-corrected chi connectivity index (χ2v) is 7.48. The molecule has 0 aliphatic rings. The number of nitrogens with one attached hydrogen (secondary N) is 2. The molecule has 0 fully saturated rings. The molecule has 0 amide bonds. The molecule has 0 saturated heterocycles. The van der Waals surface area contributed by atoms with E-state index in [2.05, 4.69) is 51.8 Å². The molecule has 24 heavy (non-hydrogen) atoms. The average Bonchev–Trinajstić information content (AvgIpc) is 2.87. The predicted molar refractivity (Wildman–Crippen MR) is 117 cm³/mol. The number of rotatable bonds is 7. The lowest BCUT2D eigenvalue weighted by molar-refractivity contribution is 0.843. The Morgan fingerprint density at radius 3 is 2.58 bits per heavy atom. The van der Waals surface area contributed by atoms with Crippen molar-refractivity contribution in [3.05, 3.63) is 45.9 Å². The van der Waals surface area contributed by atoms with Crippen molar-refractivity contribution in [3.8, 4) is 0 Å². The molecule has 132 valence electrons. The van der Waals surface area contributed by atoms with Gasteiger partial charge in [-0.2, -0.15) is 0 Å². The highest BCUT2D eigenvalue weighted by Crippen LogP contribution is 2.18. The van der Waals surface area contributed by atoms with Gasteiger partial charge in [0.05, 0.1) is 17.2 Å². The summed E-state index contributed by atoms with van der Waals surface area (Å²) in [5, 5.41) is 7.78. The second kappa shape index (κ2) is 11.7. The molecular formula is C17H25IN4S2. The van der Waals surface area contributed by atoms with Crippen LogP contribution >= 0.6 is 47.1 Å². The Balaban J connectivity index is 0.00000288. The number of hydrogen-bond donors (Lipinski definition) is 2. The summed E-state index contributed by atoms with van der Waals surface area (Å²) in [6.07, 6.45) is 0. The van der Waals surface area contributed by atoms with Crippen molar-refractivity contribution in [2.45, 2.75) is 32.2 Å². The van der Waals surface area contributed by atoms with E-state index in [0.29, 0.717) is 6.54 Å². The minimum absolute atomic E-state index is 0. The van der Waals surface area contributed by atoms with Gasteiger partial charge in [-0.05, 0) is 32.9 Å². The number of aryl methyl sites for hydroxylation is 2. The fourth-order valence-electron chi connectivity index (χ4n) is 2.07. The fraction of sp³-hybridized carbons (Fsp3) is 0.412. The van der Waals surface area contributed by atoms with Gasteiger partial charge >= 0.3 is 0 Å². The molecule has 0 unspecified atom stereocenters. The molecule has 2 N–H and O–H groups in total. The van der Waals surface area contributed by atoms with E-state index in [-0.39, 0.29) is 24.0 Å². The van der Waals surface area contributed by atoms with Crippen LogP contribution in [-0.2, 0) is 6.54 Å². The highest BCUT2D eigenvalue weighted by atomic mass is 127. The average molecular weight is 476 g/mol. The Bertz CT molecular complexity index is 629. The number of hydrogen-bond acceptors (Lipinski definition) is 4. The van der Waals surface area contributed by atoms with Crippen molar-refractivity contribution in [1.82, 2.24) is 15.6 Å². The van der Waals surface area contributed by atoms with Crippen LogP contribution in [0.25, 0.3) is 0 Å². The lowest BCUT2D eigenvalue weighted by Gasteiger charge is -2.11. The van der Waals surface area contributed by atoms with E-state index in [0.717, 1.165) is 35.5 Å². The van der Waals surface area contributed by atoms with Crippen LogP contribution in [0.3, 0.4) is 0 Å². The number of thioether (sulfide) groups is 1.